The smallest absolute Gasteiger partial charge is 0.375 e. The van der Waals surface area contributed by atoms with Gasteiger partial charge in [0, 0.05) is 36.5 Å². The van der Waals surface area contributed by atoms with Gasteiger partial charge in [-0.25, -0.2) is 4.79 Å². The van der Waals surface area contributed by atoms with Crippen molar-refractivity contribution >= 4 is 41.2 Å². The van der Waals surface area contributed by atoms with Gasteiger partial charge < -0.3 is 45.1 Å². The molecule has 1 unspecified atom stereocenters. The fraction of sp³-hybridized carbons (Fsp3) is 0.400. The van der Waals surface area contributed by atoms with Crippen LogP contribution in [0.25, 0.3) is 5.57 Å². The van der Waals surface area contributed by atoms with Gasteiger partial charge in [-0.3, -0.25) is 19.5 Å². The van der Waals surface area contributed by atoms with Crippen LogP contribution in [-0.4, -0.2) is 101 Å². The van der Waals surface area contributed by atoms with Gasteiger partial charge in [0.15, 0.2) is 24.1 Å². The molecule has 242 valence electrons. The Morgan fingerprint density at radius 2 is 2.09 bits per heavy atom. The number of nitrogens with zero attached hydrogens (tertiary/aromatic N) is 5. The molecule has 1 aromatic carbocycles. The van der Waals surface area contributed by atoms with Gasteiger partial charge in [-0.05, 0) is 20.8 Å². The van der Waals surface area contributed by atoms with Crippen LogP contribution < -0.4 is 25.3 Å². The van der Waals surface area contributed by atoms with Gasteiger partial charge in [0.1, 0.15) is 30.0 Å². The van der Waals surface area contributed by atoms with E-state index in [9.17, 15) is 24.6 Å². The zero-order chi connectivity index (χ0) is 32.9. The number of aliphatic imine (C=N–C) groups is 3. The molecule has 5 aliphatic heterocycles. The van der Waals surface area contributed by atoms with Crippen LogP contribution in [0.4, 0.5) is 0 Å². The number of ether oxygens (including phenoxy) is 4. The molecule has 1 amide bonds. The van der Waals surface area contributed by atoms with E-state index in [2.05, 4.69) is 20.3 Å². The maximum Gasteiger partial charge on any atom is 0.375 e. The highest BCUT2D eigenvalue weighted by atomic mass is 16.6. The molecule has 5 heterocycles. The first kappa shape index (κ1) is 30.8. The molecule has 1 aromatic rings. The molecule has 16 heteroatoms. The number of allylic oxidation sites excluding steroid dienone is 2. The minimum Gasteiger partial charge on any atom is -0.496 e. The summed E-state index contributed by atoms with van der Waals surface area (Å²) in [7, 11) is 1.45. The molecular formula is C30H33N7O9. The van der Waals surface area contributed by atoms with Gasteiger partial charge in [0.25, 0.3) is 0 Å². The molecule has 0 saturated carbocycles. The second-order valence-corrected chi connectivity index (χ2v) is 11.3. The number of benzene rings is 1. The minimum absolute atomic E-state index is 0.0217. The number of aldehydes is 1. The van der Waals surface area contributed by atoms with E-state index in [1.165, 1.54) is 7.11 Å². The number of hydrogen-bond donors (Lipinski definition) is 4. The number of carbonyl (C=O) groups is 3. The lowest BCUT2D eigenvalue weighted by Gasteiger charge is -2.34. The van der Waals surface area contributed by atoms with E-state index in [1.807, 2.05) is 4.90 Å². The van der Waals surface area contributed by atoms with Crippen LogP contribution in [0.15, 0.2) is 44.8 Å². The summed E-state index contributed by atoms with van der Waals surface area (Å²) < 4.78 is 23.3. The Bertz CT molecular complexity index is 1720. The third kappa shape index (κ3) is 4.95. The van der Waals surface area contributed by atoms with Gasteiger partial charge >= 0.3 is 11.9 Å². The Balaban J connectivity index is 1.45. The highest BCUT2D eigenvalue weighted by Gasteiger charge is 2.44. The fourth-order valence-electron chi connectivity index (χ4n) is 5.91. The average Bonchev–Trinajstić information content (AvgIpc) is 3.76. The number of aliphatic hydroxyl groups is 2. The summed E-state index contributed by atoms with van der Waals surface area (Å²) in [6, 6.07) is 0. The second-order valence-electron chi connectivity index (χ2n) is 11.3. The van der Waals surface area contributed by atoms with Gasteiger partial charge in [0.2, 0.25) is 11.7 Å². The SMILES string of the molecule is CCOC(=O)C1=C(C=O)/C(=C\CN2C=CNC2N2CN=C3C(=O)N=C(N)N=C32)c2c(OC)c3c(c(CO)c2O1)O[C@H](C(C)(C)O)C3. The summed E-state index contributed by atoms with van der Waals surface area (Å²) in [5.41, 5.74) is 5.93. The van der Waals surface area contributed by atoms with Crippen molar-refractivity contribution < 1.29 is 43.5 Å². The normalized spacial score (nSPS) is 22.3. The molecule has 2 atom stereocenters. The predicted molar refractivity (Wildman–Crippen MR) is 163 cm³/mol. The zero-order valence-corrected chi connectivity index (χ0v) is 25.6. The summed E-state index contributed by atoms with van der Waals surface area (Å²) in [4.78, 5) is 53.9. The number of nitrogens with one attached hydrogen (secondary N) is 1. The molecule has 0 fully saturated rings. The average molecular weight is 636 g/mol. The molecule has 0 spiro atoms. The highest BCUT2D eigenvalue weighted by Crippen LogP contribution is 2.54. The van der Waals surface area contributed by atoms with E-state index in [0.29, 0.717) is 28.7 Å². The highest BCUT2D eigenvalue weighted by molar-refractivity contribution is 6.69. The van der Waals surface area contributed by atoms with Crippen molar-refractivity contribution in [3.05, 3.63) is 46.5 Å². The Labute approximate surface area is 263 Å². The van der Waals surface area contributed by atoms with Gasteiger partial charge in [0.05, 0.1) is 42.6 Å². The molecule has 0 saturated heterocycles. The summed E-state index contributed by atoms with van der Waals surface area (Å²) in [5.74, 6) is -1.08. The standard InChI is InChI=1S/C30H33N7O9/c1-5-44-27(41)24-16(11-38)14(6-8-36-9-7-32-29(36)37-13-33-20-25(37)34-28(31)35-26(20)40)19-22(43-4)15-10-18(30(2,3)42)45-21(15)17(12-39)23(19)46-24/h6-7,9,11,18,29,32,39,42H,5,8,10,12-13H2,1-4H3,(H2,31,35,40)/b14-6+/t18-,29?/m0/s1. The molecule has 46 heavy (non-hydrogen) atoms. The number of carbonyl (C=O) groups excluding carboxylic acids is 3. The number of hydrogen-bond acceptors (Lipinski definition) is 15. The van der Waals surface area contributed by atoms with E-state index >= 15 is 0 Å². The summed E-state index contributed by atoms with van der Waals surface area (Å²) in [6.07, 6.45) is 4.70. The number of amides is 1. The first-order valence-electron chi connectivity index (χ1n) is 14.5. The van der Waals surface area contributed by atoms with Crippen molar-refractivity contribution in [2.45, 2.75) is 51.8 Å². The number of rotatable bonds is 9. The Kier molecular flexibility index (Phi) is 7.77. The lowest BCUT2D eigenvalue weighted by atomic mass is 9.87. The number of nitrogens with two attached hydrogens (primary N) is 1. The van der Waals surface area contributed by atoms with E-state index < -0.39 is 36.5 Å². The third-order valence-electron chi connectivity index (χ3n) is 8.07. The van der Waals surface area contributed by atoms with Crippen molar-refractivity contribution in [3.8, 4) is 17.2 Å². The van der Waals surface area contributed by atoms with Crippen LogP contribution in [0.3, 0.4) is 0 Å². The van der Waals surface area contributed by atoms with Crippen molar-refractivity contribution in [2.75, 3.05) is 26.9 Å². The number of esters is 1. The maximum absolute atomic E-state index is 13.1. The van der Waals surface area contributed by atoms with Crippen molar-refractivity contribution in [1.29, 1.82) is 0 Å². The second kappa shape index (κ2) is 11.6. The molecule has 16 nitrogen and oxygen atoms in total. The number of methoxy groups -OCH3 is 1. The van der Waals surface area contributed by atoms with Gasteiger partial charge in [-0.1, -0.05) is 6.08 Å². The number of aliphatic hydroxyl groups excluding tert-OH is 1. The third-order valence-corrected chi connectivity index (χ3v) is 8.07. The van der Waals surface area contributed by atoms with Crippen LogP contribution in [0, 0.1) is 0 Å². The van der Waals surface area contributed by atoms with E-state index in [-0.39, 0.29) is 72.1 Å². The van der Waals surface area contributed by atoms with E-state index in [0.717, 1.165) is 0 Å². The Morgan fingerprint density at radius 3 is 2.76 bits per heavy atom. The quantitative estimate of drug-likeness (QED) is 0.203. The molecule has 5 aliphatic rings. The molecule has 0 aliphatic carbocycles. The van der Waals surface area contributed by atoms with Crippen LogP contribution in [0.2, 0.25) is 0 Å². The monoisotopic (exact) mass is 635 g/mol. The molecule has 5 N–H and O–H groups in total. The maximum atomic E-state index is 13.1. The minimum atomic E-state index is -1.24. The van der Waals surface area contributed by atoms with Crippen LogP contribution in [0.1, 0.15) is 37.5 Å². The van der Waals surface area contributed by atoms with Gasteiger partial charge in [-0.15, -0.1) is 0 Å². The van der Waals surface area contributed by atoms with E-state index in [1.54, 1.807) is 44.1 Å². The molecule has 0 bridgehead atoms. The van der Waals surface area contributed by atoms with E-state index in [4.69, 9.17) is 24.7 Å². The molecule has 6 rings (SSSR count). The first-order chi connectivity index (χ1) is 22.0. The number of guanidine groups is 1. The predicted octanol–water partition coefficient (Wildman–Crippen LogP) is -0.319. The van der Waals surface area contributed by atoms with Crippen molar-refractivity contribution in [2.24, 2.45) is 20.7 Å². The Hall–Kier alpha value is -5.22. The van der Waals surface area contributed by atoms with Crippen LogP contribution >= 0.6 is 0 Å². The van der Waals surface area contributed by atoms with Crippen molar-refractivity contribution in [3.63, 3.8) is 0 Å². The lowest BCUT2D eigenvalue weighted by molar-refractivity contribution is -0.141. The lowest BCUT2D eigenvalue weighted by Crippen LogP contribution is -2.53. The molecular weight excluding hydrogens is 602 g/mol. The first-order valence-corrected chi connectivity index (χ1v) is 14.5. The summed E-state index contributed by atoms with van der Waals surface area (Å²) in [6.45, 7) is 4.59. The zero-order valence-electron chi connectivity index (χ0n) is 25.6. The summed E-state index contributed by atoms with van der Waals surface area (Å²) >= 11 is 0. The molecule has 0 aromatic heterocycles. The molecule has 0 radical (unpaired) electrons. The van der Waals surface area contributed by atoms with Crippen LogP contribution in [0.5, 0.6) is 17.2 Å². The topological polar surface area (TPSA) is 210 Å². The van der Waals surface area contributed by atoms with Crippen LogP contribution in [-0.2, 0) is 32.1 Å². The summed E-state index contributed by atoms with van der Waals surface area (Å²) in [5, 5.41) is 24.5. The van der Waals surface area contributed by atoms with Crippen molar-refractivity contribution in [1.82, 2.24) is 15.1 Å². The number of amidine groups is 1. The Morgan fingerprint density at radius 1 is 1.30 bits per heavy atom. The largest absolute Gasteiger partial charge is 0.496 e. The fourth-order valence-corrected chi connectivity index (χ4v) is 5.91. The number of fused-ring (bicyclic) bond motifs is 3. The van der Waals surface area contributed by atoms with Gasteiger partial charge in [-0.2, -0.15) is 9.98 Å².